The molecule has 0 radical (unpaired) electrons. The van der Waals surface area contributed by atoms with Crippen molar-refractivity contribution < 1.29 is 4.74 Å². The van der Waals surface area contributed by atoms with E-state index in [4.69, 9.17) is 15.5 Å². The lowest BCUT2D eigenvalue weighted by molar-refractivity contribution is 0.0842. The van der Waals surface area contributed by atoms with Gasteiger partial charge in [0.2, 0.25) is 0 Å². The molecule has 27 heavy (non-hydrogen) atoms. The van der Waals surface area contributed by atoms with Crippen molar-refractivity contribution in [1.82, 2.24) is 9.55 Å². The van der Waals surface area contributed by atoms with Crippen molar-refractivity contribution in [3.63, 3.8) is 0 Å². The highest BCUT2D eigenvalue weighted by atomic mass is 28.3. The molecule has 0 fully saturated rings. The number of fused-ring (bicyclic) bond motifs is 4. The Hall–Kier alpha value is -1.43. The molecule has 5 heteroatoms. The molecule has 0 unspecified atom stereocenters. The zero-order valence-electron chi connectivity index (χ0n) is 17.2. The first-order valence-corrected chi connectivity index (χ1v) is 14.1. The molecule has 1 aliphatic rings. The van der Waals surface area contributed by atoms with Crippen LogP contribution in [0.25, 0.3) is 11.3 Å². The van der Waals surface area contributed by atoms with Gasteiger partial charge in [0.05, 0.1) is 11.7 Å². The van der Waals surface area contributed by atoms with Crippen molar-refractivity contribution in [2.75, 3.05) is 6.61 Å². The quantitative estimate of drug-likeness (QED) is 0.556. The van der Waals surface area contributed by atoms with Crippen LogP contribution in [0.3, 0.4) is 0 Å². The van der Waals surface area contributed by atoms with E-state index in [1.54, 1.807) is 0 Å². The predicted octanol–water partition coefficient (Wildman–Crippen LogP) is 5.37. The van der Waals surface area contributed by atoms with Crippen molar-refractivity contribution in [1.29, 1.82) is 0 Å². The largest absolute Gasteiger partial charge is 0.361 e. The standard InChI is InChI=1S/C22H35N3OSi/c1-27(2,3)15-14-26-17-25-16-21-19-12-9-8-11-18(19)10-6-4-5-7-13-20(23)22(25)24-21/h8-9,11-12,16,20H,4-7,10,13-15,17,23H2,1-3H3/t20-/m0/s1. The first-order chi connectivity index (χ1) is 12.9. The van der Waals surface area contributed by atoms with Crippen LogP contribution < -0.4 is 5.73 Å². The topological polar surface area (TPSA) is 53.1 Å². The molecular weight excluding hydrogens is 350 g/mol. The van der Waals surface area contributed by atoms with Gasteiger partial charge in [0.1, 0.15) is 12.6 Å². The Morgan fingerprint density at radius 1 is 1.15 bits per heavy atom. The maximum Gasteiger partial charge on any atom is 0.128 e. The second-order valence-corrected chi connectivity index (χ2v) is 14.6. The summed E-state index contributed by atoms with van der Waals surface area (Å²) in [6.45, 7) is 8.50. The molecule has 2 N–H and O–H groups in total. The molecule has 1 aromatic heterocycles. The minimum absolute atomic E-state index is 0.0223. The summed E-state index contributed by atoms with van der Waals surface area (Å²) in [5.74, 6) is 0.966. The van der Waals surface area contributed by atoms with E-state index in [0.29, 0.717) is 6.73 Å². The van der Waals surface area contributed by atoms with Crippen molar-refractivity contribution in [3.05, 3.63) is 41.9 Å². The Bertz CT molecular complexity index is 735. The van der Waals surface area contributed by atoms with Crippen molar-refractivity contribution >= 4 is 8.07 Å². The number of ether oxygens (including phenoxy) is 1. The number of nitrogens with zero attached hydrogens (tertiary/aromatic N) is 2. The fourth-order valence-electron chi connectivity index (χ4n) is 3.65. The van der Waals surface area contributed by atoms with Crippen LogP contribution in [0.5, 0.6) is 0 Å². The predicted molar refractivity (Wildman–Crippen MR) is 115 cm³/mol. The lowest BCUT2D eigenvalue weighted by Gasteiger charge is -2.17. The Labute approximate surface area is 165 Å². The molecule has 3 rings (SSSR count). The molecule has 1 atom stereocenters. The normalized spacial score (nSPS) is 18.4. The van der Waals surface area contributed by atoms with Crippen molar-refractivity contribution in [2.45, 2.75) is 77.0 Å². The fraction of sp³-hybridized carbons (Fsp3) is 0.591. The average Bonchev–Trinajstić information content (AvgIpc) is 3.04. The first-order valence-electron chi connectivity index (χ1n) is 10.4. The van der Waals surface area contributed by atoms with Gasteiger partial charge in [-0.05, 0) is 30.9 Å². The summed E-state index contributed by atoms with van der Waals surface area (Å²) in [5, 5.41) is 0. The number of hydrogen-bond acceptors (Lipinski definition) is 3. The van der Waals surface area contributed by atoms with E-state index < -0.39 is 8.07 Å². The van der Waals surface area contributed by atoms with E-state index >= 15 is 0 Å². The first kappa shape index (κ1) is 20.3. The van der Waals surface area contributed by atoms with Gasteiger partial charge in [-0.3, -0.25) is 0 Å². The van der Waals surface area contributed by atoms with Gasteiger partial charge in [0.15, 0.2) is 0 Å². The molecule has 0 aliphatic carbocycles. The molecule has 2 bridgehead atoms. The van der Waals surface area contributed by atoms with Crippen molar-refractivity contribution in [2.24, 2.45) is 5.73 Å². The summed E-state index contributed by atoms with van der Waals surface area (Å²) < 4.78 is 8.15. The summed E-state index contributed by atoms with van der Waals surface area (Å²) in [5.41, 5.74) is 10.2. The SMILES string of the molecule is C[Si](C)(C)CCOCn1cc2nc1[C@@H](N)CCCCCCc1ccccc1-2. The molecule has 1 aliphatic heterocycles. The second-order valence-electron chi connectivity index (χ2n) is 9.02. The average molecular weight is 386 g/mol. The van der Waals surface area contributed by atoms with Crippen LogP contribution in [-0.4, -0.2) is 24.2 Å². The van der Waals surface area contributed by atoms with E-state index in [-0.39, 0.29) is 6.04 Å². The van der Waals surface area contributed by atoms with Gasteiger partial charge in [-0.15, -0.1) is 0 Å². The summed E-state index contributed by atoms with van der Waals surface area (Å²) in [6.07, 6.45) is 9.18. The monoisotopic (exact) mass is 385 g/mol. The maximum absolute atomic E-state index is 6.53. The number of aryl methyl sites for hydroxylation is 1. The molecule has 1 aromatic carbocycles. The number of hydrogen-bond donors (Lipinski definition) is 1. The van der Waals surface area contributed by atoms with Gasteiger partial charge >= 0.3 is 0 Å². The van der Waals surface area contributed by atoms with Gasteiger partial charge in [-0.2, -0.15) is 0 Å². The number of imidazole rings is 1. The fourth-order valence-corrected chi connectivity index (χ4v) is 4.41. The number of benzene rings is 1. The minimum atomic E-state index is -1.08. The number of rotatable bonds is 5. The van der Waals surface area contributed by atoms with E-state index in [1.807, 2.05) is 0 Å². The third-order valence-electron chi connectivity index (χ3n) is 5.37. The van der Waals surface area contributed by atoms with Gasteiger partial charge in [-0.1, -0.05) is 63.2 Å². The Balaban J connectivity index is 1.84. The highest BCUT2D eigenvalue weighted by Crippen LogP contribution is 2.28. The van der Waals surface area contributed by atoms with Crippen LogP contribution in [0.4, 0.5) is 0 Å². The summed E-state index contributed by atoms with van der Waals surface area (Å²) >= 11 is 0. The molecule has 0 saturated carbocycles. The Morgan fingerprint density at radius 2 is 1.93 bits per heavy atom. The molecule has 0 spiro atoms. The Kier molecular flexibility index (Phi) is 6.90. The molecule has 0 saturated heterocycles. The van der Waals surface area contributed by atoms with Crippen LogP contribution in [-0.2, 0) is 17.9 Å². The number of nitrogens with two attached hydrogens (primary N) is 1. The Morgan fingerprint density at radius 3 is 2.74 bits per heavy atom. The second kappa shape index (κ2) is 9.17. The van der Waals surface area contributed by atoms with Gasteiger partial charge in [-0.25, -0.2) is 4.98 Å². The third kappa shape index (κ3) is 5.77. The summed E-state index contributed by atoms with van der Waals surface area (Å²) in [6, 6.07) is 9.82. The summed E-state index contributed by atoms with van der Waals surface area (Å²) in [4.78, 5) is 4.96. The van der Waals surface area contributed by atoms with Crippen LogP contribution in [0.1, 0.15) is 49.5 Å². The van der Waals surface area contributed by atoms with Gasteiger partial charge in [0, 0.05) is 26.4 Å². The van der Waals surface area contributed by atoms with E-state index in [2.05, 4.69) is 54.7 Å². The van der Waals surface area contributed by atoms with E-state index in [0.717, 1.165) is 31.0 Å². The lowest BCUT2D eigenvalue weighted by atomic mass is 9.98. The lowest BCUT2D eigenvalue weighted by Crippen LogP contribution is -2.22. The molecule has 0 amide bonds. The zero-order chi connectivity index (χ0) is 19.3. The molecule has 2 aromatic rings. The van der Waals surface area contributed by atoms with Gasteiger partial charge < -0.3 is 15.0 Å². The van der Waals surface area contributed by atoms with Gasteiger partial charge in [0.25, 0.3) is 0 Å². The maximum atomic E-state index is 6.53. The van der Waals surface area contributed by atoms with E-state index in [1.165, 1.54) is 42.9 Å². The highest BCUT2D eigenvalue weighted by molar-refractivity contribution is 6.76. The molecule has 4 nitrogen and oxygen atoms in total. The molecular formula is C22H35N3OSi. The van der Waals surface area contributed by atoms with Crippen molar-refractivity contribution in [3.8, 4) is 11.3 Å². The number of aromatic nitrogens is 2. The summed E-state index contributed by atoms with van der Waals surface area (Å²) in [7, 11) is -1.08. The van der Waals surface area contributed by atoms with Crippen LogP contribution in [0.15, 0.2) is 30.5 Å². The van der Waals surface area contributed by atoms with Crippen LogP contribution >= 0.6 is 0 Å². The third-order valence-corrected chi connectivity index (χ3v) is 7.07. The molecule has 148 valence electrons. The smallest absolute Gasteiger partial charge is 0.128 e. The van der Waals surface area contributed by atoms with Crippen LogP contribution in [0.2, 0.25) is 25.7 Å². The van der Waals surface area contributed by atoms with Crippen LogP contribution in [0, 0.1) is 0 Å². The minimum Gasteiger partial charge on any atom is -0.361 e. The zero-order valence-corrected chi connectivity index (χ0v) is 18.2. The highest BCUT2D eigenvalue weighted by Gasteiger charge is 2.19. The van der Waals surface area contributed by atoms with E-state index in [9.17, 15) is 0 Å². The molecule has 2 heterocycles.